The van der Waals surface area contributed by atoms with Gasteiger partial charge in [0.05, 0.1) is 6.61 Å². The number of amides is 1. The summed E-state index contributed by atoms with van der Waals surface area (Å²) < 4.78 is 5.15. The van der Waals surface area contributed by atoms with Gasteiger partial charge >= 0.3 is 5.97 Å². The van der Waals surface area contributed by atoms with Crippen molar-refractivity contribution in [1.29, 1.82) is 0 Å². The Kier molecular flexibility index (Phi) is 4.98. The van der Waals surface area contributed by atoms with Gasteiger partial charge in [-0.25, -0.2) is 4.79 Å². The molecule has 116 valence electrons. The second kappa shape index (κ2) is 6.75. The van der Waals surface area contributed by atoms with Crippen LogP contribution < -0.4 is 5.32 Å². The van der Waals surface area contributed by atoms with Crippen LogP contribution in [0.15, 0.2) is 23.6 Å². The summed E-state index contributed by atoms with van der Waals surface area (Å²) in [4.78, 5) is 23.7. The Labute approximate surface area is 134 Å². The number of hydrogen-bond acceptors (Lipinski definition) is 4. The van der Waals surface area contributed by atoms with E-state index < -0.39 is 5.97 Å². The van der Waals surface area contributed by atoms with Gasteiger partial charge in [0.25, 0.3) is 0 Å². The summed E-state index contributed by atoms with van der Waals surface area (Å²) in [7, 11) is 0. The monoisotopic (exact) mass is 317 g/mol. The fourth-order valence-corrected chi connectivity index (χ4v) is 3.32. The van der Waals surface area contributed by atoms with Gasteiger partial charge in [-0.1, -0.05) is 23.8 Å². The van der Waals surface area contributed by atoms with E-state index in [1.807, 2.05) is 31.4 Å². The van der Waals surface area contributed by atoms with Crippen molar-refractivity contribution in [2.24, 2.45) is 0 Å². The van der Waals surface area contributed by atoms with Crippen molar-refractivity contribution >= 4 is 28.2 Å². The molecule has 1 N–H and O–H groups in total. The van der Waals surface area contributed by atoms with Gasteiger partial charge in [-0.2, -0.15) is 0 Å². The van der Waals surface area contributed by atoms with E-state index in [0.29, 0.717) is 17.2 Å². The van der Waals surface area contributed by atoms with E-state index in [1.54, 1.807) is 6.92 Å². The van der Waals surface area contributed by atoms with E-state index in [0.717, 1.165) is 22.3 Å². The van der Waals surface area contributed by atoms with Crippen LogP contribution in [-0.2, 0) is 9.53 Å². The van der Waals surface area contributed by atoms with Gasteiger partial charge in [0, 0.05) is 17.9 Å². The first-order valence-electron chi connectivity index (χ1n) is 7.07. The SMILES string of the molecule is CCOC(=O)c1c(-c2ccc(C)cc2C)csc1NC(C)=O. The number of ether oxygens (including phenoxy) is 1. The zero-order valence-corrected chi connectivity index (χ0v) is 14.0. The molecule has 0 atom stereocenters. The smallest absolute Gasteiger partial charge is 0.341 e. The maximum Gasteiger partial charge on any atom is 0.341 e. The maximum absolute atomic E-state index is 12.3. The lowest BCUT2D eigenvalue weighted by atomic mass is 9.97. The largest absolute Gasteiger partial charge is 0.462 e. The first-order chi connectivity index (χ1) is 10.4. The molecule has 0 aliphatic rings. The van der Waals surface area contributed by atoms with Crippen LogP contribution in [0, 0.1) is 13.8 Å². The third-order valence-corrected chi connectivity index (χ3v) is 4.13. The van der Waals surface area contributed by atoms with Crippen LogP contribution >= 0.6 is 11.3 Å². The minimum absolute atomic E-state index is 0.209. The van der Waals surface area contributed by atoms with Crippen LogP contribution in [0.25, 0.3) is 11.1 Å². The Bertz CT molecular complexity index is 719. The lowest BCUT2D eigenvalue weighted by Gasteiger charge is -2.10. The summed E-state index contributed by atoms with van der Waals surface area (Å²) in [5.74, 6) is -0.623. The lowest BCUT2D eigenvalue weighted by molar-refractivity contribution is -0.114. The molecule has 1 aromatic heterocycles. The highest BCUT2D eigenvalue weighted by Crippen LogP contribution is 2.37. The number of esters is 1. The van der Waals surface area contributed by atoms with Gasteiger partial charge in [-0.3, -0.25) is 4.79 Å². The van der Waals surface area contributed by atoms with Crippen molar-refractivity contribution in [3.05, 3.63) is 40.3 Å². The lowest BCUT2D eigenvalue weighted by Crippen LogP contribution is -2.11. The van der Waals surface area contributed by atoms with Crippen LogP contribution in [0.3, 0.4) is 0 Å². The molecule has 0 aliphatic carbocycles. The van der Waals surface area contributed by atoms with Crippen LogP contribution in [0.4, 0.5) is 5.00 Å². The highest BCUT2D eigenvalue weighted by Gasteiger charge is 2.22. The summed E-state index contributed by atoms with van der Waals surface area (Å²) in [6, 6.07) is 6.07. The molecule has 2 rings (SSSR count). The van der Waals surface area contributed by atoms with E-state index in [1.165, 1.54) is 18.3 Å². The highest BCUT2D eigenvalue weighted by atomic mass is 32.1. The number of benzene rings is 1. The second-order valence-corrected chi connectivity index (χ2v) is 5.95. The van der Waals surface area contributed by atoms with Crippen molar-refractivity contribution in [1.82, 2.24) is 0 Å². The van der Waals surface area contributed by atoms with Crippen molar-refractivity contribution < 1.29 is 14.3 Å². The fourth-order valence-electron chi connectivity index (χ4n) is 2.33. The first-order valence-corrected chi connectivity index (χ1v) is 7.95. The van der Waals surface area contributed by atoms with Crippen LogP contribution in [0.2, 0.25) is 0 Å². The molecule has 1 aromatic carbocycles. The third kappa shape index (κ3) is 3.36. The summed E-state index contributed by atoms with van der Waals surface area (Å²) >= 11 is 1.33. The summed E-state index contributed by atoms with van der Waals surface area (Å²) in [5.41, 5.74) is 4.44. The van der Waals surface area contributed by atoms with E-state index in [9.17, 15) is 9.59 Å². The number of hydrogen-bond donors (Lipinski definition) is 1. The van der Waals surface area contributed by atoms with E-state index in [4.69, 9.17) is 4.74 Å². The molecule has 0 spiro atoms. The molecule has 0 aliphatic heterocycles. The van der Waals surface area contributed by atoms with Crippen molar-refractivity contribution in [3.63, 3.8) is 0 Å². The topological polar surface area (TPSA) is 55.4 Å². The first kappa shape index (κ1) is 16.2. The molecule has 1 heterocycles. The average Bonchev–Trinajstić information content (AvgIpc) is 2.81. The molecular weight excluding hydrogens is 298 g/mol. The van der Waals surface area contributed by atoms with E-state index >= 15 is 0 Å². The van der Waals surface area contributed by atoms with E-state index in [2.05, 4.69) is 11.4 Å². The Morgan fingerprint density at radius 3 is 2.55 bits per heavy atom. The molecule has 0 saturated carbocycles. The molecule has 22 heavy (non-hydrogen) atoms. The molecule has 0 unspecified atom stereocenters. The van der Waals surface area contributed by atoms with Gasteiger partial charge in [-0.15, -0.1) is 11.3 Å². The normalized spacial score (nSPS) is 10.4. The Hall–Kier alpha value is -2.14. The molecular formula is C17H19NO3S. The molecule has 0 radical (unpaired) electrons. The molecule has 0 fully saturated rings. The van der Waals surface area contributed by atoms with Crippen LogP contribution in [0.1, 0.15) is 35.3 Å². The summed E-state index contributed by atoms with van der Waals surface area (Å²) in [6.45, 7) is 7.51. The minimum Gasteiger partial charge on any atom is -0.462 e. The molecule has 5 heteroatoms. The predicted molar refractivity (Wildman–Crippen MR) is 89.5 cm³/mol. The van der Waals surface area contributed by atoms with Crippen molar-refractivity contribution in [2.75, 3.05) is 11.9 Å². The molecule has 1 amide bonds. The minimum atomic E-state index is -0.414. The number of carbonyl (C=O) groups excluding carboxylic acids is 2. The number of nitrogens with one attached hydrogen (secondary N) is 1. The fraction of sp³-hybridized carbons (Fsp3) is 0.294. The predicted octanol–water partition coefficient (Wildman–Crippen LogP) is 4.17. The van der Waals surface area contributed by atoms with E-state index in [-0.39, 0.29) is 5.91 Å². The Morgan fingerprint density at radius 2 is 1.95 bits per heavy atom. The average molecular weight is 317 g/mol. The van der Waals surface area contributed by atoms with Gasteiger partial charge in [-0.05, 0) is 31.9 Å². The van der Waals surface area contributed by atoms with Gasteiger partial charge < -0.3 is 10.1 Å². The zero-order valence-electron chi connectivity index (χ0n) is 13.1. The van der Waals surface area contributed by atoms with Crippen LogP contribution in [0.5, 0.6) is 0 Å². The van der Waals surface area contributed by atoms with Gasteiger partial charge in [0.1, 0.15) is 10.6 Å². The second-order valence-electron chi connectivity index (χ2n) is 5.07. The molecule has 0 saturated heterocycles. The number of carbonyl (C=O) groups is 2. The quantitative estimate of drug-likeness (QED) is 0.861. The number of rotatable bonds is 4. The Morgan fingerprint density at radius 1 is 1.23 bits per heavy atom. The van der Waals surface area contributed by atoms with Crippen LogP contribution in [-0.4, -0.2) is 18.5 Å². The van der Waals surface area contributed by atoms with Gasteiger partial charge in [0.15, 0.2) is 0 Å². The van der Waals surface area contributed by atoms with Crippen molar-refractivity contribution in [3.8, 4) is 11.1 Å². The molecule has 0 bridgehead atoms. The highest BCUT2D eigenvalue weighted by molar-refractivity contribution is 7.15. The van der Waals surface area contributed by atoms with Crippen molar-refractivity contribution in [2.45, 2.75) is 27.7 Å². The number of aryl methyl sites for hydroxylation is 2. The molecule has 4 nitrogen and oxygen atoms in total. The zero-order chi connectivity index (χ0) is 16.3. The third-order valence-electron chi connectivity index (χ3n) is 3.23. The Balaban J connectivity index is 2.57. The summed E-state index contributed by atoms with van der Waals surface area (Å²) in [5, 5.41) is 5.13. The summed E-state index contributed by atoms with van der Waals surface area (Å²) in [6.07, 6.45) is 0. The standard InChI is InChI=1S/C17H19NO3S/c1-5-21-17(20)15-14(9-22-16(15)18-12(4)19)13-7-6-10(2)8-11(13)3/h6-9H,5H2,1-4H3,(H,18,19). The number of thiophene rings is 1. The van der Waals surface area contributed by atoms with Gasteiger partial charge in [0.2, 0.25) is 5.91 Å². The maximum atomic E-state index is 12.3. The molecule has 2 aromatic rings. The number of anilines is 1.